The van der Waals surface area contributed by atoms with E-state index in [1.807, 2.05) is 13.8 Å². The quantitative estimate of drug-likeness (QED) is 0.799. The first-order valence-corrected chi connectivity index (χ1v) is 8.17. The predicted molar refractivity (Wildman–Crippen MR) is 88.2 cm³/mol. The molecule has 0 radical (unpaired) electrons. The van der Waals surface area contributed by atoms with Crippen LogP contribution in [-0.2, 0) is 6.54 Å². The monoisotopic (exact) mass is 340 g/mol. The maximum atomic E-state index is 10.1. The van der Waals surface area contributed by atoms with Gasteiger partial charge < -0.3 is 15.3 Å². The number of nitrogens with zero attached hydrogens (tertiary/aromatic N) is 1. The summed E-state index contributed by atoms with van der Waals surface area (Å²) in [6.45, 7) is 8.27. The number of aliphatic hydroxyl groups is 1. The van der Waals surface area contributed by atoms with Gasteiger partial charge in [0.1, 0.15) is 0 Å². The largest absolute Gasteiger partial charge is 0.389 e. The zero-order valence-electron chi connectivity index (χ0n) is 12.6. The van der Waals surface area contributed by atoms with E-state index in [1.54, 1.807) is 0 Å². The Hall–Kier alpha value is -0.580. The summed E-state index contributed by atoms with van der Waals surface area (Å²) in [7, 11) is 0. The van der Waals surface area contributed by atoms with Crippen molar-refractivity contribution in [1.82, 2.24) is 5.32 Å². The summed E-state index contributed by atoms with van der Waals surface area (Å²) < 4.78 is 1.10. The molecule has 1 fully saturated rings. The minimum atomic E-state index is -0.690. The Balaban J connectivity index is 2.17. The average molecular weight is 341 g/mol. The summed E-state index contributed by atoms with van der Waals surface area (Å²) in [5.74, 6) is 0. The third-order valence-corrected chi connectivity index (χ3v) is 3.99. The average Bonchev–Trinajstić information content (AvgIpc) is 3.17. The Kier molecular flexibility index (Phi) is 5.10. The molecule has 0 amide bonds. The Morgan fingerprint density at radius 2 is 2.10 bits per heavy atom. The molecule has 1 aliphatic carbocycles. The van der Waals surface area contributed by atoms with Crippen molar-refractivity contribution >= 4 is 21.6 Å². The van der Waals surface area contributed by atoms with Crippen LogP contribution in [0.1, 0.15) is 39.2 Å². The molecule has 1 aromatic rings. The molecular weight excluding hydrogens is 316 g/mol. The fourth-order valence-electron chi connectivity index (χ4n) is 2.38. The fourth-order valence-corrected chi connectivity index (χ4v) is 2.79. The lowest BCUT2D eigenvalue weighted by Crippen LogP contribution is -2.39. The van der Waals surface area contributed by atoms with E-state index in [9.17, 15) is 5.11 Å². The van der Waals surface area contributed by atoms with Crippen LogP contribution in [0, 0.1) is 0 Å². The maximum Gasteiger partial charge on any atom is 0.0765 e. The lowest BCUT2D eigenvalue weighted by atomic mass is 10.1. The van der Waals surface area contributed by atoms with E-state index in [4.69, 9.17) is 0 Å². The molecule has 4 heteroatoms. The molecule has 0 atom stereocenters. The summed E-state index contributed by atoms with van der Waals surface area (Å²) >= 11 is 3.56. The molecule has 0 aliphatic heterocycles. The van der Waals surface area contributed by atoms with Gasteiger partial charge in [0, 0.05) is 35.8 Å². The molecule has 2 rings (SSSR count). The number of halogens is 1. The van der Waals surface area contributed by atoms with Crippen LogP contribution in [0.15, 0.2) is 22.7 Å². The highest BCUT2D eigenvalue weighted by Crippen LogP contribution is 2.27. The predicted octanol–water partition coefficient (Wildman–Crippen LogP) is 3.30. The third-order valence-electron chi connectivity index (χ3n) is 3.50. The zero-order valence-corrected chi connectivity index (χ0v) is 14.2. The Labute approximate surface area is 130 Å². The highest BCUT2D eigenvalue weighted by atomic mass is 79.9. The summed E-state index contributed by atoms with van der Waals surface area (Å²) in [5.41, 5.74) is 1.81. The van der Waals surface area contributed by atoms with Gasteiger partial charge in [0.2, 0.25) is 0 Å². The molecule has 2 N–H and O–H groups in total. The van der Waals surface area contributed by atoms with Gasteiger partial charge in [-0.2, -0.15) is 0 Å². The van der Waals surface area contributed by atoms with Gasteiger partial charge in [-0.1, -0.05) is 15.9 Å². The van der Waals surface area contributed by atoms with Gasteiger partial charge >= 0.3 is 0 Å². The Bertz CT molecular complexity index is 452. The first-order chi connectivity index (χ1) is 9.39. The Morgan fingerprint density at radius 1 is 1.40 bits per heavy atom. The summed E-state index contributed by atoms with van der Waals surface area (Å²) in [5, 5.41) is 13.7. The first kappa shape index (κ1) is 15.8. The molecule has 112 valence electrons. The van der Waals surface area contributed by atoms with Gasteiger partial charge in [-0.15, -0.1) is 0 Å². The zero-order chi connectivity index (χ0) is 14.8. The van der Waals surface area contributed by atoms with E-state index in [2.05, 4.69) is 51.3 Å². The summed E-state index contributed by atoms with van der Waals surface area (Å²) in [4.78, 5) is 2.25. The standard InChI is InChI=1S/C16H25BrN2O/c1-4-19(11-16(2,3)20)15-8-5-13(17)9-12(15)10-18-14-6-7-14/h5,8-9,14,18,20H,4,6-7,10-11H2,1-3H3. The topological polar surface area (TPSA) is 35.5 Å². The maximum absolute atomic E-state index is 10.1. The van der Waals surface area contributed by atoms with E-state index >= 15 is 0 Å². The molecule has 0 spiro atoms. The number of hydrogen-bond acceptors (Lipinski definition) is 3. The van der Waals surface area contributed by atoms with Crippen LogP contribution >= 0.6 is 15.9 Å². The van der Waals surface area contributed by atoms with Crippen LogP contribution in [0.25, 0.3) is 0 Å². The number of nitrogens with one attached hydrogen (secondary N) is 1. The third kappa shape index (κ3) is 4.76. The lowest BCUT2D eigenvalue weighted by molar-refractivity contribution is 0.0875. The number of likely N-dealkylation sites (N-methyl/N-ethyl adjacent to an activating group) is 1. The Morgan fingerprint density at radius 3 is 2.65 bits per heavy atom. The van der Waals surface area contributed by atoms with Crippen LogP contribution in [0.4, 0.5) is 5.69 Å². The second-order valence-corrected chi connectivity index (χ2v) is 7.17. The van der Waals surface area contributed by atoms with Gasteiger partial charge in [-0.3, -0.25) is 0 Å². The van der Waals surface area contributed by atoms with Crippen molar-refractivity contribution < 1.29 is 5.11 Å². The van der Waals surface area contributed by atoms with Crippen molar-refractivity contribution in [2.75, 3.05) is 18.0 Å². The van der Waals surface area contributed by atoms with Gasteiger partial charge in [0.05, 0.1) is 5.60 Å². The normalized spacial score (nSPS) is 15.4. The van der Waals surface area contributed by atoms with Crippen molar-refractivity contribution in [3.63, 3.8) is 0 Å². The molecule has 3 nitrogen and oxygen atoms in total. The lowest BCUT2D eigenvalue weighted by Gasteiger charge is -2.31. The number of benzene rings is 1. The summed E-state index contributed by atoms with van der Waals surface area (Å²) in [6.07, 6.45) is 2.59. The number of anilines is 1. The smallest absolute Gasteiger partial charge is 0.0765 e. The minimum Gasteiger partial charge on any atom is -0.389 e. The molecule has 20 heavy (non-hydrogen) atoms. The molecule has 0 aromatic heterocycles. The molecule has 0 saturated heterocycles. The van der Waals surface area contributed by atoms with E-state index in [0.717, 1.165) is 17.6 Å². The highest BCUT2D eigenvalue weighted by molar-refractivity contribution is 9.10. The van der Waals surface area contributed by atoms with Crippen molar-refractivity contribution in [2.24, 2.45) is 0 Å². The summed E-state index contributed by atoms with van der Waals surface area (Å²) in [6, 6.07) is 7.09. The van der Waals surface area contributed by atoms with Crippen LogP contribution in [-0.4, -0.2) is 29.8 Å². The van der Waals surface area contributed by atoms with Crippen molar-refractivity contribution in [2.45, 2.75) is 51.8 Å². The van der Waals surface area contributed by atoms with Crippen LogP contribution in [0.2, 0.25) is 0 Å². The van der Waals surface area contributed by atoms with Gasteiger partial charge in [0.25, 0.3) is 0 Å². The van der Waals surface area contributed by atoms with Crippen LogP contribution in [0.5, 0.6) is 0 Å². The first-order valence-electron chi connectivity index (χ1n) is 7.38. The molecule has 1 aliphatic rings. The molecule has 0 heterocycles. The SMILES string of the molecule is CCN(CC(C)(C)O)c1ccc(Br)cc1CNC1CC1. The highest BCUT2D eigenvalue weighted by Gasteiger charge is 2.22. The van der Waals surface area contributed by atoms with Crippen LogP contribution < -0.4 is 10.2 Å². The molecule has 0 bridgehead atoms. The molecule has 0 unspecified atom stereocenters. The van der Waals surface area contributed by atoms with E-state index in [0.29, 0.717) is 12.6 Å². The van der Waals surface area contributed by atoms with Crippen molar-refractivity contribution in [3.05, 3.63) is 28.2 Å². The van der Waals surface area contributed by atoms with E-state index in [-0.39, 0.29) is 0 Å². The molecule has 1 saturated carbocycles. The molecule has 1 aromatic carbocycles. The van der Waals surface area contributed by atoms with Crippen molar-refractivity contribution in [3.8, 4) is 0 Å². The minimum absolute atomic E-state index is 0.640. The number of hydrogen-bond donors (Lipinski definition) is 2. The molecular formula is C16H25BrN2O. The van der Waals surface area contributed by atoms with Gasteiger partial charge in [-0.05, 0) is 57.4 Å². The second-order valence-electron chi connectivity index (χ2n) is 6.25. The second kappa shape index (κ2) is 6.46. The van der Waals surface area contributed by atoms with Gasteiger partial charge in [-0.25, -0.2) is 0 Å². The van der Waals surface area contributed by atoms with Gasteiger partial charge in [0.15, 0.2) is 0 Å². The fraction of sp³-hybridized carbons (Fsp3) is 0.625. The van der Waals surface area contributed by atoms with E-state index < -0.39 is 5.60 Å². The van der Waals surface area contributed by atoms with Crippen molar-refractivity contribution in [1.29, 1.82) is 0 Å². The van der Waals surface area contributed by atoms with Crippen LogP contribution in [0.3, 0.4) is 0 Å². The van der Waals surface area contributed by atoms with E-state index in [1.165, 1.54) is 24.1 Å². The number of rotatable bonds is 7.